The molecule has 8 nitrogen and oxygen atoms in total. The predicted molar refractivity (Wildman–Crippen MR) is 101 cm³/mol. The molecule has 0 amide bonds. The first-order valence-electron chi connectivity index (χ1n) is 8.90. The lowest BCUT2D eigenvalue weighted by Gasteiger charge is -2.08. The first-order valence-corrected chi connectivity index (χ1v) is 8.90. The molecule has 150 valence electrons. The zero-order valence-electron chi connectivity index (χ0n) is 16.3. The Kier molecular flexibility index (Phi) is 7.20. The van der Waals surface area contributed by atoms with Crippen molar-refractivity contribution in [2.24, 2.45) is 0 Å². The van der Waals surface area contributed by atoms with Crippen LogP contribution < -0.4 is 4.74 Å². The maximum absolute atomic E-state index is 12.7. The third-order valence-corrected chi connectivity index (χ3v) is 3.80. The highest BCUT2D eigenvalue weighted by Crippen LogP contribution is 2.32. The van der Waals surface area contributed by atoms with Gasteiger partial charge in [0.05, 0.1) is 32.6 Å². The smallest absolute Gasteiger partial charge is 0.355 e. The van der Waals surface area contributed by atoms with E-state index in [0.717, 1.165) is 0 Å². The lowest BCUT2D eigenvalue weighted by atomic mass is 10.0. The summed E-state index contributed by atoms with van der Waals surface area (Å²) in [6.45, 7) is 5.18. The highest BCUT2D eigenvalue weighted by atomic mass is 16.5. The molecule has 2 aromatic rings. The quantitative estimate of drug-likeness (QED) is 0.546. The van der Waals surface area contributed by atoms with Crippen LogP contribution >= 0.6 is 0 Å². The molecular weight excluding hydrogens is 366 g/mol. The van der Waals surface area contributed by atoms with E-state index in [9.17, 15) is 14.4 Å². The van der Waals surface area contributed by atoms with Gasteiger partial charge in [-0.1, -0.05) is 12.1 Å². The van der Waals surface area contributed by atoms with Gasteiger partial charge in [0.25, 0.3) is 0 Å². The summed E-state index contributed by atoms with van der Waals surface area (Å²) in [5.74, 6) is -1.81. The normalized spacial score (nSPS) is 10.3. The van der Waals surface area contributed by atoms with Gasteiger partial charge in [0.15, 0.2) is 0 Å². The minimum Gasteiger partial charge on any atom is -0.497 e. The topological polar surface area (TPSA) is 104 Å². The number of H-pyrrole nitrogens is 1. The minimum absolute atomic E-state index is 0.0725. The number of hydrogen-bond donors (Lipinski definition) is 1. The second-order valence-electron chi connectivity index (χ2n) is 5.52. The Hall–Kier alpha value is -3.29. The summed E-state index contributed by atoms with van der Waals surface area (Å²) >= 11 is 0. The number of carbonyl (C=O) groups is 3. The molecule has 0 aliphatic rings. The lowest BCUT2D eigenvalue weighted by Crippen LogP contribution is -2.17. The molecule has 0 aliphatic heterocycles. The third-order valence-electron chi connectivity index (χ3n) is 3.80. The van der Waals surface area contributed by atoms with Gasteiger partial charge in [-0.15, -0.1) is 0 Å². The van der Waals surface area contributed by atoms with Crippen molar-refractivity contribution in [2.75, 3.05) is 26.9 Å². The Labute approximate surface area is 162 Å². The second-order valence-corrected chi connectivity index (χ2v) is 5.52. The zero-order valence-corrected chi connectivity index (χ0v) is 16.3. The predicted octanol–water partition coefficient (Wildman–Crippen LogP) is 3.22. The number of hydrogen-bond acceptors (Lipinski definition) is 7. The number of nitrogens with one attached hydrogen (secondary N) is 1. The molecule has 1 aromatic heterocycles. The minimum atomic E-state index is -0.820. The molecule has 0 radical (unpaired) electrons. The van der Waals surface area contributed by atoms with Crippen LogP contribution in [0.25, 0.3) is 11.3 Å². The molecule has 0 spiro atoms. The highest BCUT2D eigenvalue weighted by molar-refractivity contribution is 6.13. The SMILES string of the molecule is CCOC(=O)c1[nH]c(-c2cccc(OC)c2)c(C(=O)OCC)c1C(=O)OCC. The molecule has 0 bridgehead atoms. The number of benzene rings is 1. The lowest BCUT2D eigenvalue weighted by molar-refractivity contribution is 0.0460. The van der Waals surface area contributed by atoms with E-state index in [1.54, 1.807) is 45.0 Å². The standard InChI is InChI=1S/C20H23NO7/c1-5-26-18(22)14-15(19(23)27-6-2)17(20(24)28-7-3)21-16(14)12-9-8-10-13(11-12)25-4/h8-11,21H,5-7H2,1-4H3. The fraction of sp³-hybridized carbons (Fsp3) is 0.350. The molecule has 1 heterocycles. The summed E-state index contributed by atoms with van der Waals surface area (Å²) in [6.07, 6.45) is 0. The van der Waals surface area contributed by atoms with E-state index < -0.39 is 17.9 Å². The maximum atomic E-state index is 12.7. The van der Waals surface area contributed by atoms with Crippen LogP contribution in [-0.2, 0) is 14.2 Å². The summed E-state index contributed by atoms with van der Waals surface area (Å²) in [6, 6.07) is 6.83. The van der Waals surface area contributed by atoms with E-state index in [-0.39, 0.29) is 42.3 Å². The maximum Gasteiger partial charge on any atom is 0.355 e. The van der Waals surface area contributed by atoms with Gasteiger partial charge in [-0.3, -0.25) is 0 Å². The molecule has 0 atom stereocenters. The van der Waals surface area contributed by atoms with E-state index in [1.807, 2.05) is 0 Å². The number of esters is 3. The van der Waals surface area contributed by atoms with Crippen LogP contribution in [0, 0.1) is 0 Å². The Morgan fingerprint density at radius 3 is 2.00 bits per heavy atom. The molecule has 1 N–H and O–H groups in total. The molecule has 0 fully saturated rings. The number of rotatable bonds is 8. The molecule has 1 aromatic carbocycles. The second kappa shape index (κ2) is 9.59. The van der Waals surface area contributed by atoms with Crippen molar-refractivity contribution in [3.05, 3.63) is 41.1 Å². The van der Waals surface area contributed by atoms with Crippen molar-refractivity contribution in [3.63, 3.8) is 0 Å². The number of methoxy groups -OCH3 is 1. The van der Waals surface area contributed by atoms with Crippen LogP contribution in [0.3, 0.4) is 0 Å². The van der Waals surface area contributed by atoms with Gasteiger partial charge in [0.1, 0.15) is 22.6 Å². The first kappa shape index (κ1) is 21.0. The first-order chi connectivity index (χ1) is 13.5. The van der Waals surface area contributed by atoms with Crippen molar-refractivity contribution in [2.45, 2.75) is 20.8 Å². The third kappa shape index (κ3) is 4.33. The van der Waals surface area contributed by atoms with E-state index >= 15 is 0 Å². The molecule has 0 unspecified atom stereocenters. The Bertz CT molecular complexity index is 869. The fourth-order valence-corrected chi connectivity index (χ4v) is 2.67. The van der Waals surface area contributed by atoms with Crippen molar-refractivity contribution < 1.29 is 33.3 Å². The van der Waals surface area contributed by atoms with Gasteiger partial charge in [0, 0.05) is 5.56 Å². The monoisotopic (exact) mass is 389 g/mol. The summed E-state index contributed by atoms with van der Waals surface area (Å²) < 4.78 is 20.4. The van der Waals surface area contributed by atoms with E-state index in [4.69, 9.17) is 18.9 Å². The van der Waals surface area contributed by atoms with Crippen LogP contribution in [0.15, 0.2) is 24.3 Å². The van der Waals surface area contributed by atoms with Gasteiger partial charge < -0.3 is 23.9 Å². The molecule has 8 heteroatoms. The van der Waals surface area contributed by atoms with Crippen LogP contribution in [-0.4, -0.2) is 49.8 Å². The number of aromatic amines is 1. The Morgan fingerprint density at radius 1 is 0.857 bits per heavy atom. The van der Waals surface area contributed by atoms with Crippen LogP contribution in [0.5, 0.6) is 5.75 Å². The Balaban J connectivity index is 2.78. The number of ether oxygens (including phenoxy) is 4. The van der Waals surface area contributed by atoms with Crippen molar-refractivity contribution in [1.82, 2.24) is 4.98 Å². The van der Waals surface area contributed by atoms with Gasteiger partial charge in [-0.25, -0.2) is 14.4 Å². The molecule has 0 aliphatic carbocycles. The molecule has 28 heavy (non-hydrogen) atoms. The van der Waals surface area contributed by atoms with Crippen molar-refractivity contribution in [3.8, 4) is 17.0 Å². The van der Waals surface area contributed by atoms with Crippen LogP contribution in [0.4, 0.5) is 0 Å². The highest BCUT2D eigenvalue weighted by Gasteiger charge is 2.33. The van der Waals surface area contributed by atoms with E-state index in [0.29, 0.717) is 11.3 Å². The summed E-state index contributed by atoms with van der Waals surface area (Å²) in [5.41, 5.74) is 0.307. The molecule has 2 rings (SSSR count). The van der Waals surface area contributed by atoms with Crippen molar-refractivity contribution >= 4 is 17.9 Å². The van der Waals surface area contributed by atoms with Crippen molar-refractivity contribution in [1.29, 1.82) is 0 Å². The summed E-state index contributed by atoms with van der Waals surface area (Å²) in [5, 5.41) is 0. The molecular formula is C20H23NO7. The largest absolute Gasteiger partial charge is 0.497 e. The average molecular weight is 389 g/mol. The van der Waals surface area contributed by atoms with E-state index in [1.165, 1.54) is 7.11 Å². The van der Waals surface area contributed by atoms with Gasteiger partial charge in [-0.2, -0.15) is 0 Å². The molecule has 0 saturated heterocycles. The average Bonchev–Trinajstić information content (AvgIpc) is 3.09. The Morgan fingerprint density at radius 2 is 1.43 bits per heavy atom. The zero-order chi connectivity index (χ0) is 20.7. The summed E-state index contributed by atoms with van der Waals surface area (Å²) in [4.78, 5) is 40.6. The van der Waals surface area contributed by atoms with Gasteiger partial charge in [-0.05, 0) is 32.9 Å². The van der Waals surface area contributed by atoms with Crippen LogP contribution in [0.2, 0.25) is 0 Å². The summed E-state index contributed by atoms with van der Waals surface area (Å²) in [7, 11) is 1.51. The fourth-order valence-electron chi connectivity index (χ4n) is 2.67. The molecule has 0 saturated carbocycles. The van der Waals surface area contributed by atoms with Crippen LogP contribution in [0.1, 0.15) is 52.0 Å². The number of aromatic nitrogens is 1. The van der Waals surface area contributed by atoms with Gasteiger partial charge >= 0.3 is 17.9 Å². The van der Waals surface area contributed by atoms with Gasteiger partial charge in [0.2, 0.25) is 0 Å². The number of carbonyl (C=O) groups excluding carboxylic acids is 3. The van der Waals surface area contributed by atoms with E-state index in [2.05, 4.69) is 4.98 Å².